The molecule has 2 rings (SSSR count). The fourth-order valence-electron chi connectivity index (χ4n) is 1.92. The van der Waals surface area contributed by atoms with Crippen LogP contribution in [0.25, 0.3) is 11.1 Å². The molecule has 0 aliphatic carbocycles. The Hall–Kier alpha value is -1.18. The number of nitrogens with zero attached hydrogens (tertiary/aromatic N) is 1. The van der Waals surface area contributed by atoms with E-state index in [-0.39, 0.29) is 10.0 Å². The van der Waals surface area contributed by atoms with Crippen LogP contribution in [0.1, 0.15) is 11.3 Å². The van der Waals surface area contributed by atoms with Crippen molar-refractivity contribution in [3.05, 3.63) is 50.7 Å². The van der Waals surface area contributed by atoms with E-state index in [0.717, 1.165) is 12.1 Å². The SMILES string of the molecule is FC(F)(F)c1ccnc(C(F)(F)F)c1-c1cc(Cl)cc(Cl)c1Cl. The molecule has 1 aromatic carbocycles. The predicted octanol–water partition coefficient (Wildman–Crippen LogP) is 6.75. The summed E-state index contributed by atoms with van der Waals surface area (Å²) in [6, 6.07) is 2.40. The average molecular weight is 395 g/mol. The van der Waals surface area contributed by atoms with Crippen molar-refractivity contribution >= 4 is 34.8 Å². The molecule has 0 saturated carbocycles. The lowest BCUT2D eigenvalue weighted by Crippen LogP contribution is -2.16. The molecule has 0 unspecified atom stereocenters. The molecule has 0 N–H and O–H groups in total. The summed E-state index contributed by atoms with van der Waals surface area (Å²) in [5, 5.41) is -0.932. The first-order valence-corrected chi connectivity index (χ1v) is 6.84. The summed E-state index contributed by atoms with van der Waals surface area (Å²) in [5.74, 6) is 0. The second kappa shape index (κ2) is 6.03. The van der Waals surface area contributed by atoms with Crippen LogP contribution >= 0.6 is 34.8 Å². The van der Waals surface area contributed by atoms with Crippen LogP contribution < -0.4 is 0 Å². The van der Waals surface area contributed by atoms with E-state index in [2.05, 4.69) is 4.98 Å². The normalized spacial score (nSPS) is 12.6. The first kappa shape index (κ1) is 18.2. The highest BCUT2D eigenvalue weighted by Gasteiger charge is 2.43. The molecule has 23 heavy (non-hydrogen) atoms. The zero-order valence-corrected chi connectivity index (χ0v) is 12.9. The number of alkyl halides is 6. The topological polar surface area (TPSA) is 12.9 Å². The Morgan fingerprint density at radius 3 is 2.00 bits per heavy atom. The summed E-state index contributed by atoms with van der Waals surface area (Å²) in [7, 11) is 0. The molecule has 0 fully saturated rings. The van der Waals surface area contributed by atoms with Gasteiger partial charge < -0.3 is 0 Å². The van der Waals surface area contributed by atoms with E-state index in [9.17, 15) is 26.3 Å². The highest BCUT2D eigenvalue weighted by atomic mass is 35.5. The Kier molecular flexibility index (Phi) is 4.76. The van der Waals surface area contributed by atoms with Gasteiger partial charge in [-0.15, -0.1) is 0 Å². The summed E-state index contributed by atoms with van der Waals surface area (Å²) in [5.41, 5.74) is -5.09. The van der Waals surface area contributed by atoms with Crippen molar-refractivity contribution in [1.82, 2.24) is 4.98 Å². The molecule has 0 radical (unpaired) electrons. The molecule has 2 aromatic rings. The van der Waals surface area contributed by atoms with Gasteiger partial charge in [-0.2, -0.15) is 26.3 Å². The summed E-state index contributed by atoms with van der Waals surface area (Å²) in [4.78, 5) is 3.03. The molecule has 1 heterocycles. The van der Waals surface area contributed by atoms with Crippen LogP contribution in [-0.2, 0) is 12.4 Å². The van der Waals surface area contributed by atoms with Crippen LogP contribution in [0.15, 0.2) is 24.4 Å². The van der Waals surface area contributed by atoms with Crippen LogP contribution in [0.5, 0.6) is 0 Å². The monoisotopic (exact) mass is 393 g/mol. The Labute approximate surface area is 140 Å². The molecule has 1 nitrogen and oxygen atoms in total. The van der Waals surface area contributed by atoms with Crippen molar-refractivity contribution in [3.8, 4) is 11.1 Å². The molecule has 0 saturated heterocycles. The molecule has 1 aromatic heterocycles. The zero-order valence-electron chi connectivity index (χ0n) is 10.7. The van der Waals surface area contributed by atoms with Crippen molar-refractivity contribution in [1.29, 1.82) is 0 Å². The van der Waals surface area contributed by atoms with E-state index in [1.165, 1.54) is 0 Å². The van der Waals surface area contributed by atoms with Gasteiger partial charge in [0.15, 0.2) is 5.69 Å². The Morgan fingerprint density at radius 2 is 1.48 bits per heavy atom. The molecular weight excluding hydrogens is 390 g/mol. The molecule has 0 atom stereocenters. The van der Waals surface area contributed by atoms with Gasteiger partial charge in [-0.25, -0.2) is 0 Å². The van der Waals surface area contributed by atoms with Gasteiger partial charge in [0, 0.05) is 22.3 Å². The lowest BCUT2D eigenvalue weighted by molar-refractivity contribution is -0.144. The van der Waals surface area contributed by atoms with E-state index < -0.39 is 39.8 Å². The largest absolute Gasteiger partial charge is 0.433 e. The number of benzene rings is 1. The van der Waals surface area contributed by atoms with Gasteiger partial charge in [0.1, 0.15) is 0 Å². The minimum Gasteiger partial charge on any atom is -0.251 e. The van der Waals surface area contributed by atoms with Crippen LogP contribution in [-0.4, -0.2) is 4.98 Å². The molecule has 0 aliphatic rings. The van der Waals surface area contributed by atoms with E-state index >= 15 is 0 Å². The van der Waals surface area contributed by atoms with Crippen molar-refractivity contribution in [2.75, 3.05) is 0 Å². The summed E-state index contributed by atoms with van der Waals surface area (Å²) >= 11 is 17.2. The predicted molar refractivity (Wildman–Crippen MR) is 74.7 cm³/mol. The minimum atomic E-state index is -5.13. The second-order valence-electron chi connectivity index (χ2n) is 4.33. The molecule has 0 aliphatic heterocycles. The standard InChI is InChI=1S/C13H4Cl3F6N/c14-5-3-6(10(16)8(15)4-5)9-7(12(17,18)19)1-2-23-11(9)13(20,21)22/h1-4H. The van der Waals surface area contributed by atoms with E-state index in [0.29, 0.717) is 12.3 Å². The number of aromatic nitrogens is 1. The van der Waals surface area contributed by atoms with Crippen molar-refractivity contribution in [2.45, 2.75) is 12.4 Å². The maximum Gasteiger partial charge on any atom is 0.433 e. The fourth-order valence-corrected chi connectivity index (χ4v) is 2.62. The lowest BCUT2D eigenvalue weighted by atomic mass is 9.97. The van der Waals surface area contributed by atoms with E-state index in [1.54, 1.807) is 0 Å². The van der Waals surface area contributed by atoms with Crippen molar-refractivity contribution < 1.29 is 26.3 Å². The highest BCUT2D eigenvalue weighted by molar-refractivity contribution is 6.45. The Morgan fingerprint density at radius 1 is 0.870 bits per heavy atom. The minimum absolute atomic E-state index is 0.167. The molecule has 0 amide bonds. The first-order valence-electron chi connectivity index (χ1n) is 5.71. The molecule has 124 valence electrons. The third kappa shape index (κ3) is 3.67. The first-order chi connectivity index (χ1) is 10.4. The van der Waals surface area contributed by atoms with E-state index in [1.807, 2.05) is 0 Å². The average Bonchev–Trinajstić information content (AvgIpc) is 2.40. The van der Waals surface area contributed by atoms with Gasteiger partial charge >= 0.3 is 12.4 Å². The van der Waals surface area contributed by atoms with Gasteiger partial charge in [-0.05, 0) is 18.2 Å². The third-order valence-corrected chi connectivity index (χ3v) is 3.81. The Bertz CT molecular complexity index is 722. The number of hydrogen-bond acceptors (Lipinski definition) is 1. The van der Waals surface area contributed by atoms with Crippen LogP contribution in [0.3, 0.4) is 0 Å². The number of rotatable bonds is 1. The summed E-state index contributed by atoms with van der Waals surface area (Å²) in [6.07, 6.45) is -9.76. The van der Waals surface area contributed by atoms with Crippen LogP contribution in [0.2, 0.25) is 15.1 Å². The molecular formula is C13H4Cl3F6N. The Balaban J connectivity index is 2.95. The van der Waals surface area contributed by atoms with Gasteiger partial charge in [-0.1, -0.05) is 34.8 Å². The zero-order chi connectivity index (χ0) is 17.6. The van der Waals surface area contributed by atoms with Crippen molar-refractivity contribution in [2.24, 2.45) is 0 Å². The van der Waals surface area contributed by atoms with Gasteiger partial charge in [0.2, 0.25) is 0 Å². The maximum atomic E-state index is 13.1. The quantitative estimate of drug-likeness (QED) is 0.385. The number of pyridine rings is 1. The van der Waals surface area contributed by atoms with E-state index in [4.69, 9.17) is 34.8 Å². The van der Waals surface area contributed by atoms with Crippen LogP contribution in [0, 0.1) is 0 Å². The maximum absolute atomic E-state index is 13.1. The van der Waals surface area contributed by atoms with Gasteiger partial charge in [0.05, 0.1) is 15.6 Å². The molecule has 0 bridgehead atoms. The smallest absolute Gasteiger partial charge is 0.251 e. The van der Waals surface area contributed by atoms with Gasteiger partial charge in [0.25, 0.3) is 0 Å². The summed E-state index contributed by atoms with van der Waals surface area (Å²) in [6.45, 7) is 0. The van der Waals surface area contributed by atoms with Crippen molar-refractivity contribution in [3.63, 3.8) is 0 Å². The fraction of sp³-hybridized carbons (Fsp3) is 0.154. The number of hydrogen-bond donors (Lipinski definition) is 0. The lowest BCUT2D eigenvalue weighted by Gasteiger charge is -2.19. The third-order valence-electron chi connectivity index (χ3n) is 2.79. The van der Waals surface area contributed by atoms with Crippen LogP contribution in [0.4, 0.5) is 26.3 Å². The highest BCUT2D eigenvalue weighted by Crippen LogP contribution is 2.47. The second-order valence-corrected chi connectivity index (χ2v) is 5.55. The molecule has 0 spiro atoms. The summed E-state index contributed by atoms with van der Waals surface area (Å²) < 4.78 is 78.7. The van der Waals surface area contributed by atoms with Gasteiger partial charge in [-0.3, -0.25) is 4.98 Å². The number of halogens is 9. The molecule has 10 heteroatoms.